The SMILES string of the molecule is O=C1CC(C(=O)Nc2ccccc2Cl)C2C(=O)NC(Nc3cccc(Cl)c3)NC2N1. The Bertz CT molecular complexity index is 1000. The third kappa shape index (κ3) is 4.35. The lowest BCUT2D eigenvalue weighted by Gasteiger charge is -2.43. The Morgan fingerprint density at radius 3 is 2.60 bits per heavy atom. The Morgan fingerprint density at radius 1 is 1.03 bits per heavy atom. The van der Waals surface area contributed by atoms with Crippen molar-refractivity contribution < 1.29 is 14.4 Å². The van der Waals surface area contributed by atoms with E-state index in [1.165, 1.54) is 0 Å². The molecule has 2 aliphatic rings. The average Bonchev–Trinajstić information content (AvgIpc) is 2.68. The summed E-state index contributed by atoms with van der Waals surface area (Å²) in [6.07, 6.45) is -1.46. The summed E-state index contributed by atoms with van der Waals surface area (Å²) in [7, 11) is 0. The van der Waals surface area contributed by atoms with Crippen LogP contribution in [0.1, 0.15) is 6.42 Å². The Balaban J connectivity index is 1.49. The topological polar surface area (TPSA) is 111 Å². The monoisotopic (exact) mass is 447 g/mol. The van der Waals surface area contributed by atoms with E-state index in [9.17, 15) is 14.4 Å². The molecular formula is C20H19Cl2N5O3. The van der Waals surface area contributed by atoms with E-state index in [-0.39, 0.29) is 18.2 Å². The maximum atomic E-state index is 12.9. The summed E-state index contributed by atoms with van der Waals surface area (Å²) in [6, 6.07) is 13.8. The van der Waals surface area contributed by atoms with Crippen molar-refractivity contribution in [1.82, 2.24) is 16.0 Å². The van der Waals surface area contributed by atoms with Crippen LogP contribution in [0.3, 0.4) is 0 Å². The summed E-state index contributed by atoms with van der Waals surface area (Å²) in [5.41, 5.74) is 1.12. The summed E-state index contributed by atoms with van der Waals surface area (Å²) in [6.45, 7) is 0. The van der Waals surface area contributed by atoms with E-state index < -0.39 is 30.2 Å². The van der Waals surface area contributed by atoms with Gasteiger partial charge in [-0.05, 0) is 30.3 Å². The molecule has 156 valence electrons. The maximum absolute atomic E-state index is 12.9. The van der Waals surface area contributed by atoms with E-state index in [0.29, 0.717) is 21.4 Å². The largest absolute Gasteiger partial charge is 0.353 e. The van der Waals surface area contributed by atoms with Gasteiger partial charge in [-0.15, -0.1) is 0 Å². The van der Waals surface area contributed by atoms with Gasteiger partial charge in [0.1, 0.15) is 0 Å². The van der Waals surface area contributed by atoms with Gasteiger partial charge in [0.05, 0.1) is 28.7 Å². The fraction of sp³-hybridized carbons (Fsp3) is 0.250. The second-order valence-corrected chi connectivity index (χ2v) is 7.96. The van der Waals surface area contributed by atoms with Crippen molar-refractivity contribution >= 4 is 52.3 Å². The van der Waals surface area contributed by atoms with Gasteiger partial charge in [-0.3, -0.25) is 19.7 Å². The molecule has 0 radical (unpaired) electrons. The number of hydrogen-bond acceptors (Lipinski definition) is 5. The van der Waals surface area contributed by atoms with Crippen LogP contribution >= 0.6 is 23.2 Å². The zero-order valence-corrected chi connectivity index (χ0v) is 17.1. The summed E-state index contributed by atoms with van der Waals surface area (Å²) in [5, 5.41) is 15.4. The number of rotatable bonds is 4. The van der Waals surface area contributed by atoms with E-state index in [1.807, 2.05) is 0 Å². The molecule has 0 bridgehead atoms. The first kappa shape index (κ1) is 20.5. The lowest BCUT2D eigenvalue weighted by molar-refractivity contribution is -0.144. The third-order valence-corrected chi connectivity index (χ3v) is 5.62. The van der Waals surface area contributed by atoms with Crippen LogP contribution in [0.4, 0.5) is 11.4 Å². The van der Waals surface area contributed by atoms with E-state index in [4.69, 9.17) is 23.2 Å². The van der Waals surface area contributed by atoms with Crippen molar-refractivity contribution in [3.05, 3.63) is 58.6 Å². The molecule has 2 aromatic rings. The number of hydrogen-bond donors (Lipinski definition) is 5. The lowest BCUT2D eigenvalue weighted by atomic mass is 9.81. The first-order chi connectivity index (χ1) is 14.4. The van der Waals surface area contributed by atoms with Crippen LogP contribution in [0, 0.1) is 11.8 Å². The first-order valence-electron chi connectivity index (χ1n) is 9.34. The number of carbonyl (C=O) groups is 3. The van der Waals surface area contributed by atoms with Crippen LogP contribution in [0.5, 0.6) is 0 Å². The van der Waals surface area contributed by atoms with Crippen molar-refractivity contribution in [3.63, 3.8) is 0 Å². The molecule has 3 amide bonds. The molecule has 4 rings (SSSR count). The normalized spacial score (nSPS) is 25.5. The van der Waals surface area contributed by atoms with Gasteiger partial charge < -0.3 is 21.3 Å². The van der Waals surface area contributed by atoms with Crippen LogP contribution in [-0.4, -0.2) is 30.2 Å². The minimum Gasteiger partial charge on any atom is -0.353 e. The van der Waals surface area contributed by atoms with Gasteiger partial charge >= 0.3 is 0 Å². The van der Waals surface area contributed by atoms with Crippen LogP contribution in [-0.2, 0) is 14.4 Å². The van der Waals surface area contributed by atoms with Crippen molar-refractivity contribution in [1.29, 1.82) is 0 Å². The lowest BCUT2D eigenvalue weighted by Crippen LogP contribution is -2.72. The number of benzene rings is 2. The Morgan fingerprint density at radius 2 is 1.83 bits per heavy atom. The predicted molar refractivity (Wildman–Crippen MR) is 114 cm³/mol. The van der Waals surface area contributed by atoms with Crippen LogP contribution in [0.2, 0.25) is 10.0 Å². The highest BCUT2D eigenvalue weighted by molar-refractivity contribution is 6.33. The minimum atomic E-state index is -0.848. The first-order valence-corrected chi connectivity index (χ1v) is 10.1. The molecule has 8 nitrogen and oxygen atoms in total. The Kier molecular flexibility index (Phi) is 5.80. The molecule has 0 aliphatic carbocycles. The second-order valence-electron chi connectivity index (χ2n) is 7.11. The molecule has 0 spiro atoms. The van der Waals surface area contributed by atoms with E-state index in [0.717, 1.165) is 0 Å². The van der Waals surface area contributed by atoms with Crippen molar-refractivity contribution in [2.24, 2.45) is 11.8 Å². The molecule has 2 aromatic carbocycles. The number of halogens is 2. The van der Waals surface area contributed by atoms with Gasteiger partial charge in [-0.25, -0.2) is 0 Å². The van der Waals surface area contributed by atoms with Gasteiger partial charge in [-0.1, -0.05) is 41.4 Å². The van der Waals surface area contributed by atoms with Crippen LogP contribution in [0.25, 0.3) is 0 Å². The van der Waals surface area contributed by atoms with Gasteiger partial charge in [0.15, 0.2) is 6.29 Å². The summed E-state index contributed by atoms with van der Waals surface area (Å²) >= 11 is 12.1. The number of anilines is 2. The average molecular weight is 448 g/mol. The number of carbonyl (C=O) groups excluding carboxylic acids is 3. The van der Waals surface area contributed by atoms with E-state index >= 15 is 0 Å². The zero-order valence-electron chi connectivity index (χ0n) is 15.6. The number of para-hydroxylation sites is 1. The molecule has 2 saturated heterocycles. The third-order valence-electron chi connectivity index (χ3n) is 5.05. The number of fused-ring (bicyclic) bond motifs is 1. The quantitative estimate of drug-likeness (QED) is 0.492. The molecule has 0 aromatic heterocycles. The molecule has 2 fully saturated rings. The molecular weight excluding hydrogens is 429 g/mol. The molecule has 4 atom stereocenters. The number of piperidine rings is 1. The minimum absolute atomic E-state index is 0.0983. The molecule has 4 unspecified atom stereocenters. The van der Waals surface area contributed by atoms with Crippen LogP contribution < -0.4 is 26.6 Å². The van der Waals surface area contributed by atoms with Crippen molar-refractivity contribution in [2.75, 3.05) is 10.6 Å². The molecule has 2 aliphatic heterocycles. The molecule has 30 heavy (non-hydrogen) atoms. The Labute approximate surface area is 182 Å². The number of nitrogens with one attached hydrogen (secondary N) is 5. The van der Waals surface area contributed by atoms with Crippen molar-refractivity contribution in [3.8, 4) is 0 Å². The summed E-state index contributed by atoms with van der Waals surface area (Å²) < 4.78 is 0. The van der Waals surface area contributed by atoms with Crippen LogP contribution in [0.15, 0.2) is 48.5 Å². The standard InChI is InChI=1S/C20H19Cl2N5O3/c21-10-4-3-5-11(8-10)23-20-26-17-16(19(30)27-20)12(9-15(28)25-17)18(29)24-14-7-2-1-6-13(14)22/h1-8,12,16-17,20,23,26H,9H2,(H,24,29)(H,25,28)(H,27,30). The highest BCUT2D eigenvalue weighted by Crippen LogP contribution is 2.29. The maximum Gasteiger partial charge on any atom is 0.229 e. The molecule has 0 saturated carbocycles. The molecule has 10 heteroatoms. The van der Waals surface area contributed by atoms with E-state index in [1.54, 1.807) is 48.5 Å². The highest BCUT2D eigenvalue weighted by Gasteiger charge is 2.48. The smallest absolute Gasteiger partial charge is 0.229 e. The van der Waals surface area contributed by atoms with E-state index in [2.05, 4.69) is 26.6 Å². The fourth-order valence-corrected chi connectivity index (χ4v) is 4.06. The number of amides is 3. The summed E-state index contributed by atoms with van der Waals surface area (Å²) in [5.74, 6) is -2.73. The zero-order chi connectivity index (χ0) is 21.3. The van der Waals surface area contributed by atoms with Gasteiger partial charge in [-0.2, -0.15) is 0 Å². The highest BCUT2D eigenvalue weighted by atomic mass is 35.5. The second kappa shape index (κ2) is 8.51. The fourth-order valence-electron chi connectivity index (χ4n) is 3.69. The van der Waals surface area contributed by atoms with Gasteiger partial charge in [0, 0.05) is 17.1 Å². The molecule has 5 N–H and O–H groups in total. The van der Waals surface area contributed by atoms with Gasteiger partial charge in [0.2, 0.25) is 17.7 Å². The summed E-state index contributed by atoms with van der Waals surface area (Å²) in [4.78, 5) is 38.0. The van der Waals surface area contributed by atoms with Gasteiger partial charge in [0.25, 0.3) is 0 Å². The molecule has 2 heterocycles. The Hall–Kier alpha value is -2.81. The predicted octanol–water partition coefficient (Wildman–Crippen LogP) is 2.13. The van der Waals surface area contributed by atoms with Crippen molar-refractivity contribution in [2.45, 2.75) is 18.9 Å².